The highest BCUT2D eigenvalue weighted by molar-refractivity contribution is 6.07. The third-order valence-corrected chi connectivity index (χ3v) is 3.78. The second-order valence-corrected chi connectivity index (χ2v) is 5.20. The summed E-state index contributed by atoms with van der Waals surface area (Å²) in [4.78, 5) is 12.6. The summed E-state index contributed by atoms with van der Waals surface area (Å²) >= 11 is 0. The molecule has 0 radical (unpaired) electrons. The molecule has 22 heavy (non-hydrogen) atoms. The Morgan fingerprint density at radius 2 is 1.59 bits per heavy atom. The van der Waals surface area contributed by atoms with Crippen LogP contribution in [0.3, 0.4) is 0 Å². The van der Waals surface area contributed by atoms with E-state index in [1.165, 1.54) is 0 Å². The SMILES string of the molecule is NCC(NC(=O)c1cccc2ccccc12)c1ccccc1. The van der Waals surface area contributed by atoms with Crippen LogP contribution in [0.15, 0.2) is 72.8 Å². The van der Waals surface area contributed by atoms with Crippen molar-refractivity contribution in [3.05, 3.63) is 83.9 Å². The van der Waals surface area contributed by atoms with Crippen LogP contribution < -0.4 is 11.1 Å². The first-order valence-electron chi connectivity index (χ1n) is 7.33. The molecule has 0 heterocycles. The molecule has 0 aromatic heterocycles. The molecule has 0 saturated heterocycles. The lowest BCUT2D eigenvalue weighted by molar-refractivity contribution is 0.0939. The molecule has 3 aromatic carbocycles. The van der Waals surface area contributed by atoms with Gasteiger partial charge in [0.1, 0.15) is 0 Å². The normalized spacial score (nSPS) is 12.0. The highest BCUT2D eigenvalue weighted by Gasteiger charge is 2.15. The van der Waals surface area contributed by atoms with Gasteiger partial charge in [-0.2, -0.15) is 0 Å². The van der Waals surface area contributed by atoms with Gasteiger partial charge in [-0.15, -0.1) is 0 Å². The zero-order valence-corrected chi connectivity index (χ0v) is 12.2. The smallest absolute Gasteiger partial charge is 0.252 e. The Balaban J connectivity index is 1.90. The van der Waals surface area contributed by atoms with Crippen molar-refractivity contribution < 1.29 is 4.79 Å². The summed E-state index contributed by atoms with van der Waals surface area (Å²) in [7, 11) is 0. The summed E-state index contributed by atoms with van der Waals surface area (Å²) in [5, 5.41) is 5.03. The number of fused-ring (bicyclic) bond motifs is 1. The second kappa shape index (κ2) is 6.41. The van der Waals surface area contributed by atoms with E-state index in [1.54, 1.807) is 0 Å². The van der Waals surface area contributed by atoms with Crippen LogP contribution in [0.4, 0.5) is 0 Å². The van der Waals surface area contributed by atoms with Crippen LogP contribution in [0.2, 0.25) is 0 Å². The molecule has 3 nitrogen and oxygen atoms in total. The molecule has 3 aromatic rings. The molecular weight excluding hydrogens is 272 g/mol. The molecule has 0 aliphatic carbocycles. The highest BCUT2D eigenvalue weighted by atomic mass is 16.1. The van der Waals surface area contributed by atoms with Gasteiger partial charge in [-0.25, -0.2) is 0 Å². The maximum atomic E-state index is 12.6. The first-order chi connectivity index (χ1) is 10.8. The van der Waals surface area contributed by atoms with Gasteiger partial charge in [-0.05, 0) is 22.4 Å². The van der Waals surface area contributed by atoms with Crippen LogP contribution in [0, 0.1) is 0 Å². The van der Waals surface area contributed by atoms with Gasteiger partial charge in [0.15, 0.2) is 0 Å². The standard InChI is InChI=1S/C19H18N2O/c20-13-18(15-8-2-1-3-9-15)21-19(22)17-12-6-10-14-7-4-5-11-16(14)17/h1-12,18H,13,20H2,(H,21,22). The summed E-state index contributed by atoms with van der Waals surface area (Å²) in [6, 6.07) is 23.2. The summed E-state index contributed by atoms with van der Waals surface area (Å²) in [5.74, 6) is -0.101. The van der Waals surface area contributed by atoms with E-state index in [-0.39, 0.29) is 11.9 Å². The predicted molar refractivity (Wildman–Crippen MR) is 89.7 cm³/mol. The van der Waals surface area contributed by atoms with Gasteiger partial charge < -0.3 is 11.1 Å². The fourth-order valence-corrected chi connectivity index (χ4v) is 2.62. The average molecular weight is 290 g/mol. The molecule has 1 amide bonds. The van der Waals surface area contributed by atoms with Crippen molar-refractivity contribution in [1.29, 1.82) is 0 Å². The van der Waals surface area contributed by atoms with Crippen molar-refractivity contribution in [3.8, 4) is 0 Å². The van der Waals surface area contributed by atoms with E-state index in [4.69, 9.17) is 5.73 Å². The molecule has 3 N–H and O–H groups in total. The molecule has 0 spiro atoms. The lowest BCUT2D eigenvalue weighted by Gasteiger charge is -2.18. The van der Waals surface area contributed by atoms with Crippen LogP contribution in [0.1, 0.15) is 22.0 Å². The number of hydrogen-bond acceptors (Lipinski definition) is 2. The number of benzene rings is 3. The molecule has 0 fully saturated rings. The molecule has 1 atom stereocenters. The first-order valence-corrected chi connectivity index (χ1v) is 7.33. The van der Waals surface area contributed by atoms with Crippen molar-refractivity contribution in [2.45, 2.75) is 6.04 Å². The van der Waals surface area contributed by atoms with Gasteiger partial charge in [-0.1, -0.05) is 66.7 Å². The lowest BCUT2D eigenvalue weighted by Crippen LogP contribution is -2.33. The van der Waals surface area contributed by atoms with Crippen molar-refractivity contribution in [2.75, 3.05) is 6.54 Å². The maximum Gasteiger partial charge on any atom is 0.252 e. The largest absolute Gasteiger partial charge is 0.344 e. The van der Waals surface area contributed by atoms with Crippen molar-refractivity contribution in [3.63, 3.8) is 0 Å². The number of nitrogens with one attached hydrogen (secondary N) is 1. The Kier molecular flexibility index (Phi) is 4.17. The van der Waals surface area contributed by atoms with Crippen molar-refractivity contribution >= 4 is 16.7 Å². The molecule has 3 heteroatoms. The van der Waals surface area contributed by atoms with Gasteiger partial charge in [0.05, 0.1) is 6.04 Å². The minimum absolute atomic E-state index is 0.101. The molecule has 110 valence electrons. The lowest BCUT2D eigenvalue weighted by atomic mass is 10.0. The third-order valence-electron chi connectivity index (χ3n) is 3.78. The molecule has 1 unspecified atom stereocenters. The van der Waals surface area contributed by atoms with E-state index >= 15 is 0 Å². The molecule has 3 rings (SSSR count). The van der Waals surface area contributed by atoms with Crippen LogP contribution in [-0.4, -0.2) is 12.5 Å². The van der Waals surface area contributed by atoms with Crippen LogP contribution in [0.5, 0.6) is 0 Å². The Hall–Kier alpha value is -2.65. The number of amides is 1. The summed E-state index contributed by atoms with van der Waals surface area (Å²) in [5.41, 5.74) is 7.52. The van der Waals surface area contributed by atoms with E-state index in [0.29, 0.717) is 12.1 Å². The minimum atomic E-state index is -0.187. The molecule has 0 bridgehead atoms. The Morgan fingerprint density at radius 1 is 0.909 bits per heavy atom. The number of hydrogen-bond donors (Lipinski definition) is 2. The van der Waals surface area contributed by atoms with Crippen LogP contribution in [-0.2, 0) is 0 Å². The second-order valence-electron chi connectivity index (χ2n) is 5.20. The Bertz CT molecular complexity index is 778. The monoisotopic (exact) mass is 290 g/mol. The number of nitrogens with two attached hydrogens (primary N) is 1. The third kappa shape index (κ3) is 2.85. The number of carbonyl (C=O) groups excluding carboxylic acids is 1. The van der Waals surface area contributed by atoms with E-state index in [9.17, 15) is 4.79 Å². The van der Waals surface area contributed by atoms with Crippen LogP contribution in [0.25, 0.3) is 10.8 Å². The topological polar surface area (TPSA) is 55.1 Å². The quantitative estimate of drug-likeness (QED) is 0.775. The van der Waals surface area contributed by atoms with E-state index in [2.05, 4.69) is 5.32 Å². The van der Waals surface area contributed by atoms with Crippen molar-refractivity contribution in [2.24, 2.45) is 5.73 Å². The Labute approximate surface area is 129 Å². The molecule has 0 saturated carbocycles. The van der Waals surface area contributed by atoms with E-state index in [0.717, 1.165) is 16.3 Å². The fourth-order valence-electron chi connectivity index (χ4n) is 2.62. The zero-order chi connectivity index (χ0) is 15.4. The minimum Gasteiger partial charge on any atom is -0.344 e. The number of rotatable bonds is 4. The van der Waals surface area contributed by atoms with Crippen molar-refractivity contribution in [1.82, 2.24) is 5.32 Å². The first kappa shape index (κ1) is 14.3. The summed E-state index contributed by atoms with van der Waals surface area (Å²) < 4.78 is 0. The predicted octanol–water partition coefficient (Wildman–Crippen LogP) is 3.27. The fraction of sp³-hybridized carbons (Fsp3) is 0.105. The Morgan fingerprint density at radius 3 is 2.36 bits per heavy atom. The van der Waals surface area contributed by atoms with Crippen LogP contribution >= 0.6 is 0 Å². The van der Waals surface area contributed by atoms with Gasteiger partial charge in [0, 0.05) is 12.1 Å². The summed E-state index contributed by atoms with van der Waals surface area (Å²) in [6.07, 6.45) is 0. The van der Waals surface area contributed by atoms with E-state index in [1.807, 2.05) is 72.8 Å². The zero-order valence-electron chi connectivity index (χ0n) is 12.2. The average Bonchev–Trinajstić information content (AvgIpc) is 2.59. The van der Waals surface area contributed by atoms with E-state index < -0.39 is 0 Å². The summed E-state index contributed by atoms with van der Waals surface area (Å²) in [6.45, 7) is 0.362. The van der Waals surface area contributed by atoms with Gasteiger partial charge in [0.2, 0.25) is 0 Å². The van der Waals surface area contributed by atoms with Gasteiger partial charge >= 0.3 is 0 Å². The molecular formula is C19H18N2O. The van der Waals surface area contributed by atoms with Gasteiger partial charge in [-0.3, -0.25) is 4.79 Å². The molecule has 0 aliphatic rings. The highest BCUT2D eigenvalue weighted by Crippen LogP contribution is 2.19. The number of carbonyl (C=O) groups is 1. The molecule has 0 aliphatic heterocycles. The maximum absolute atomic E-state index is 12.6. The van der Waals surface area contributed by atoms with Gasteiger partial charge in [0.25, 0.3) is 5.91 Å².